The first-order chi connectivity index (χ1) is 13.3. The van der Waals surface area contributed by atoms with E-state index < -0.39 is 5.91 Å². The smallest absolute Gasteiger partial charge is 0.265 e. The van der Waals surface area contributed by atoms with Gasteiger partial charge >= 0.3 is 0 Å². The molecule has 0 spiro atoms. The highest BCUT2D eigenvalue weighted by Gasteiger charge is 2.27. The fourth-order valence-corrected chi connectivity index (χ4v) is 3.27. The van der Waals surface area contributed by atoms with E-state index in [0.29, 0.717) is 11.4 Å². The molecular formula is C21H23N3O4. The van der Waals surface area contributed by atoms with Crippen molar-refractivity contribution in [1.29, 1.82) is 0 Å². The van der Waals surface area contributed by atoms with Crippen LogP contribution in [0.4, 0.5) is 11.4 Å². The summed E-state index contributed by atoms with van der Waals surface area (Å²) in [5.74, 6) is -0.489. The third-order valence-electron chi connectivity index (χ3n) is 4.50. The molecule has 7 heteroatoms. The first-order valence-corrected chi connectivity index (χ1v) is 9.01. The molecule has 0 radical (unpaired) electrons. The van der Waals surface area contributed by atoms with Gasteiger partial charge in [-0.1, -0.05) is 29.8 Å². The van der Waals surface area contributed by atoms with Crippen LogP contribution in [0.2, 0.25) is 0 Å². The maximum atomic E-state index is 12.3. The molecule has 146 valence electrons. The highest BCUT2D eigenvalue weighted by Crippen LogP contribution is 2.31. The van der Waals surface area contributed by atoms with Gasteiger partial charge in [0.25, 0.3) is 5.91 Å². The molecule has 1 aliphatic heterocycles. The van der Waals surface area contributed by atoms with E-state index >= 15 is 0 Å². The number of nitrogens with zero attached hydrogens (tertiary/aromatic N) is 1. The van der Waals surface area contributed by atoms with Gasteiger partial charge in [-0.15, -0.1) is 0 Å². The number of benzene rings is 2. The molecule has 2 aromatic rings. The topological polar surface area (TPSA) is 87.7 Å². The number of ether oxygens (including phenoxy) is 1. The summed E-state index contributed by atoms with van der Waals surface area (Å²) in [6.07, 6.45) is 0. The number of hydrogen-bond acceptors (Lipinski definition) is 4. The van der Waals surface area contributed by atoms with Crippen molar-refractivity contribution < 1.29 is 19.1 Å². The van der Waals surface area contributed by atoms with Gasteiger partial charge in [0, 0.05) is 5.69 Å². The second-order valence-electron chi connectivity index (χ2n) is 6.83. The summed E-state index contributed by atoms with van der Waals surface area (Å²) in [6.45, 7) is 5.39. The molecule has 3 amide bonds. The summed E-state index contributed by atoms with van der Waals surface area (Å²) in [6, 6.07) is 11.0. The van der Waals surface area contributed by atoms with Crippen LogP contribution in [0.25, 0.3) is 0 Å². The Morgan fingerprint density at radius 3 is 2.46 bits per heavy atom. The highest BCUT2D eigenvalue weighted by molar-refractivity contribution is 6.03. The fourth-order valence-electron chi connectivity index (χ4n) is 3.27. The number of carbonyl (C=O) groups excluding carboxylic acids is 3. The monoisotopic (exact) mass is 381 g/mol. The molecule has 7 nitrogen and oxygen atoms in total. The SMILES string of the molecule is Cc1cc(C)c(NC(=O)CNC(=O)CN2C(=O)COc3ccccc32)c(C)c1. The molecule has 3 rings (SSSR count). The normalized spacial score (nSPS) is 12.8. The Kier molecular flexibility index (Phi) is 5.63. The lowest BCUT2D eigenvalue weighted by atomic mass is 10.1. The van der Waals surface area contributed by atoms with Crippen LogP contribution in [0.1, 0.15) is 16.7 Å². The number of carbonyl (C=O) groups is 3. The number of para-hydroxylation sites is 2. The largest absolute Gasteiger partial charge is 0.482 e. The number of hydrogen-bond donors (Lipinski definition) is 2. The van der Waals surface area contributed by atoms with Crippen LogP contribution < -0.4 is 20.3 Å². The molecule has 0 aromatic heterocycles. The Morgan fingerprint density at radius 1 is 1.07 bits per heavy atom. The Morgan fingerprint density at radius 2 is 1.75 bits per heavy atom. The van der Waals surface area contributed by atoms with E-state index in [0.717, 1.165) is 22.4 Å². The van der Waals surface area contributed by atoms with Crippen molar-refractivity contribution in [2.75, 3.05) is 29.9 Å². The molecule has 0 aliphatic carbocycles. The van der Waals surface area contributed by atoms with Gasteiger partial charge in [0.1, 0.15) is 12.3 Å². The molecule has 0 unspecified atom stereocenters. The van der Waals surface area contributed by atoms with E-state index in [-0.39, 0.29) is 31.5 Å². The number of fused-ring (bicyclic) bond motifs is 1. The van der Waals surface area contributed by atoms with Crippen LogP contribution in [0.3, 0.4) is 0 Å². The number of aryl methyl sites for hydroxylation is 3. The summed E-state index contributed by atoms with van der Waals surface area (Å²) in [5, 5.41) is 5.40. The Balaban J connectivity index is 1.58. The van der Waals surface area contributed by atoms with Crippen molar-refractivity contribution in [2.45, 2.75) is 20.8 Å². The van der Waals surface area contributed by atoms with Gasteiger partial charge in [-0.2, -0.15) is 0 Å². The molecule has 2 N–H and O–H groups in total. The van der Waals surface area contributed by atoms with Gasteiger partial charge < -0.3 is 15.4 Å². The van der Waals surface area contributed by atoms with Gasteiger partial charge in [-0.25, -0.2) is 0 Å². The standard InChI is InChI=1S/C21H23N3O4/c1-13-8-14(2)21(15(3)9-13)23-18(25)10-22-19(26)11-24-16-6-4-5-7-17(16)28-12-20(24)27/h4-9H,10-12H2,1-3H3,(H,22,26)(H,23,25). The van der Waals surface area contributed by atoms with E-state index in [1.807, 2.05) is 32.9 Å². The lowest BCUT2D eigenvalue weighted by Gasteiger charge is -2.28. The van der Waals surface area contributed by atoms with Crippen molar-refractivity contribution in [1.82, 2.24) is 5.32 Å². The zero-order valence-corrected chi connectivity index (χ0v) is 16.2. The number of rotatable bonds is 5. The summed E-state index contributed by atoms with van der Waals surface area (Å²) < 4.78 is 5.36. The van der Waals surface area contributed by atoms with Gasteiger partial charge in [-0.3, -0.25) is 19.3 Å². The van der Waals surface area contributed by atoms with E-state index in [4.69, 9.17) is 4.74 Å². The van der Waals surface area contributed by atoms with Crippen molar-refractivity contribution in [3.05, 3.63) is 53.1 Å². The van der Waals surface area contributed by atoms with Crippen LogP contribution >= 0.6 is 0 Å². The maximum absolute atomic E-state index is 12.3. The molecule has 1 heterocycles. The van der Waals surface area contributed by atoms with Gasteiger partial charge in [0.15, 0.2) is 6.61 Å². The average Bonchev–Trinajstić information content (AvgIpc) is 2.65. The summed E-state index contributed by atoms with van der Waals surface area (Å²) in [7, 11) is 0. The molecule has 0 saturated heterocycles. The minimum Gasteiger partial charge on any atom is -0.482 e. The van der Waals surface area contributed by atoms with Crippen molar-refractivity contribution in [3.63, 3.8) is 0 Å². The quantitative estimate of drug-likeness (QED) is 0.830. The van der Waals surface area contributed by atoms with E-state index in [2.05, 4.69) is 10.6 Å². The lowest BCUT2D eigenvalue weighted by molar-refractivity contribution is -0.126. The van der Waals surface area contributed by atoms with Crippen LogP contribution in [-0.4, -0.2) is 37.4 Å². The maximum Gasteiger partial charge on any atom is 0.265 e. The van der Waals surface area contributed by atoms with Crippen molar-refractivity contribution >= 4 is 29.1 Å². The van der Waals surface area contributed by atoms with E-state index in [1.165, 1.54) is 4.90 Å². The molecule has 1 aliphatic rings. The number of anilines is 2. The molecule has 0 bridgehead atoms. The Hall–Kier alpha value is -3.35. The van der Waals surface area contributed by atoms with Gasteiger partial charge in [-0.05, 0) is 44.0 Å². The third-order valence-corrected chi connectivity index (χ3v) is 4.50. The van der Waals surface area contributed by atoms with Crippen molar-refractivity contribution in [2.24, 2.45) is 0 Å². The van der Waals surface area contributed by atoms with E-state index in [1.54, 1.807) is 24.3 Å². The summed E-state index contributed by atoms with van der Waals surface area (Å²) >= 11 is 0. The first kappa shape index (κ1) is 19.4. The fraction of sp³-hybridized carbons (Fsp3) is 0.286. The number of nitrogens with one attached hydrogen (secondary N) is 2. The molecule has 0 saturated carbocycles. The minimum atomic E-state index is -0.419. The van der Waals surface area contributed by atoms with Crippen molar-refractivity contribution in [3.8, 4) is 5.75 Å². The van der Waals surface area contributed by atoms with Gasteiger partial charge in [0.2, 0.25) is 11.8 Å². The Bertz CT molecular complexity index is 916. The van der Waals surface area contributed by atoms with Crippen LogP contribution in [0, 0.1) is 20.8 Å². The van der Waals surface area contributed by atoms with Gasteiger partial charge in [0.05, 0.1) is 12.2 Å². The molecule has 28 heavy (non-hydrogen) atoms. The van der Waals surface area contributed by atoms with E-state index in [9.17, 15) is 14.4 Å². The average molecular weight is 381 g/mol. The molecule has 2 aromatic carbocycles. The predicted molar refractivity (Wildman–Crippen MR) is 107 cm³/mol. The third kappa shape index (κ3) is 4.31. The second-order valence-corrected chi connectivity index (χ2v) is 6.83. The first-order valence-electron chi connectivity index (χ1n) is 9.01. The Labute approximate surface area is 163 Å². The second kappa shape index (κ2) is 8.12. The lowest BCUT2D eigenvalue weighted by Crippen LogP contribution is -2.46. The zero-order valence-electron chi connectivity index (χ0n) is 16.2. The zero-order chi connectivity index (χ0) is 20.3. The predicted octanol–water partition coefficient (Wildman–Crippen LogP) is 2.09. The highest BCUT2D eigenvalue weighted by atomic mass is 16.5. The number of amides is 3. The minimum absolute atomic E-state index is 0.114. The summed E-state index contributed by atoms with van der Waals surface area (Å²) in [5.41, 5.74) is 4.35. The van der Waals surface area contributed by atoms with Crippen LogP contribution in [-0.2, 0) is 14.4 Å². The summed E-state index contributed by atoms with van der Waals surface area (Å²) in [4.78, 5) is 38.0. The molecule has 0 fully saturated rings. The molecule has 0 atom stereocenters. The van der Waals surface area contributed by atoms with Crippen LogP contribution in [0.5, 0.6) is 5.75 Å². The molecular weight excluding hydrogens is 358 g/mol. The van der Waals surface area contributed by atoms with Crippen LogP contribution in [0.15, 0.2) is 36.4 Å².